The predicted molar refractivity (Wildman–Crippen MR) is 150 cm³/mol. The van der Waals surface area contributed by atoms with E-state index in [9.17, 15) is 29.3 Å². The molecule has 0 aliphatic carbocycles. The van der Waals surface area contributed by atoms with Crippen molar-refractivity contribution in [3.63, 3.8) is 0 Å². The Morgan fingerprint density at radius 1 is 0.811 bits per heavy atom. The van der Waals surface area contributed by atoms with Crippen molar-refractivity contribution in [2.24, 2.45) is 0 Å². The number of Topliss-reactive ketones (excluding diaryl/α,β-unsaturated/α-hetero) is 1. The molecule has 0 N–H and O–H groups in total. The van der Waals surface area contributed by atoms with Crippen LogP contribution in [0.4, 0.5) is 5.69 Å². The zero-order valence-electron chi connectivity index (χ0n) is 18.0. The number of ketones is 1. The second-order valence-corrected chi connectivity index (χ2v) is 11.6. The van der Waals surface area contributed by atoms with Crippen molar-refractivity contribution < 1.29 is 24.1 Å². The molecule has 1 heterocycles. The second kappa shape index (κ2) is 10.8. The van der Waals surface area contributed by atoms with Crippen LogP contribution >= 0.6 is 79.6 Å². The van der Waals surface area contributed by atoms with Crippen molar-refractivity contribution in [1.29, 1.82) is 0 Å². The molecule has 4 rings (SSSR count). The number of hydrogen-bond acceptors (Lipinski definition) is 6. The number of carbonyl (C=O) groups is 4. The lowest BCUT2D eigenvalue weighted by Crippen LogP contribution is -2.51. The van der Waals surface area contributed by atoms with Gasteiger partial charge in [0.1, 0.15) is 6.54 Å². The lowest BCUT2D eigenvalue weighted by molar-refractivity contribution is -0.384. The van der Waals surface area contributed by atoms with Crippen molar-refractivity contribution in [3.8, 4) is 0 Å². The highest BCUT2D eigenvalue weighted by Crippen LogP contribution is 2.45. The van der Waals surface area contributed by atoms with Crippen LogP contribution in [0.3, 0.4) is 0 Å². The Labute approximate surface area is 250 Å². The third-order valence-electron chi connectivity index (χ3n) is 5.32. The van der Waals surface area contributed by atoms with E-state index in [-0.39, 0.29) is 36.9 Å². The van der Waals surface area contributed by atoms with E-state index in [1.54, 1.807) is 12.1 Å². The first kappa shape index (κ1) is 27.8. The van der Waals surface area contributed by atoms with E-state index in [0.717, 1.165) is 10.5 Å². The molecule has 0 aromatic heterocycles. The third kappa shape index (κ3) is 5.09. The van der Waals surface area contributed by atoms with Gasteiger partial charge < -0.3 is 0 Å². The third-order valence-corrected chi connectivity index (χ3v) is 10.6. The zero-order chi connectivity index (χ0) is 27.2. The molecule has 0 unspecified atom stereocenters. The summed E-state index contributed by atoms with van der Waals surface area (Å²) in [6.45, 7) is -0.688. The van der Waals surface area contributed by atoms with Gasteiger partial charge in [-0.2, -0.15) is 5.01 Å². The van der Waals surface area contributed by atoms with E-state index in [2.05, 4.69) is 79.6 Å². The normalized spacial score (nSPS) is 12.5. The Kier molecular flexibility index (Phi) is 8.14. The van der Waals surface area contributed by atoms with Gasteiger partial charge in [0, 0.05) is 45.6 Å². The van der Waals surface area contributed by atoms with Crippen molar-refractivity contribution >= 4 is 109 Å². The quantitative estimate of drug-likeness (QED) is 0.0664. The van der Waals surface area contributed by atoms with Gasteiger partial charge in [-0.3, -0.25) is 29.3 Å². The predicted octanol–water partition coefficient (Wildman–Crippen LogP) is 6.94. The summed E-state index contributed by atoms with van der Waals surface area (Å²) in [7, 11) is 0. The van der Waals surface area contributed by atoms with Crippen molar-refractivity contribution in [3.05, 3.63) is 103 Å². The summed E-state index contributed by atoms with van der Waals surface area (Å²) >= 11 is 16.6. The minimum absolute atomic E-state index is 0.0279. The lowest BCUT2D eigenvalue weighted by Gasteiger charge is -2.29. The van der Waals surface area contributed by atoms with E-state index >= 15 is 0 Å². The van der Waals surface area contributed by atoms with Gasteiger partial charge in [-0.15, -0.1) is 0 Å². The molecule has 9 nitrogen and oxygen atoms in total. The number of nitro groups is 1. The van der Waals surface area contributed by atoms with Gasteiger partial charge in [0.15, 0.2) is 5.78 Å². The minimum Gasteiger partial charge on any atom is -0.292 e. The van der Waals surface area contributed by atoms with E-state index < -0.39 is 35.0 Å². The topological polar surface area (TPSA) is 118 Å². The Morgan fingerprint density at radius 2 is 1.35 bits per heavy atom. The van der Waals surface area contributed by atoms with Gasteiger partial charge in [-0.25, -0.2) is 5.01 Å². The molecule has 3 amide bonds. The molecule has 0 bridgehead atoms. The largest absolute Gasteiger partial charge is 0.292 e. The first-order valence-electron chi connectivity index (χ1n) is 10.0. The Hall–Kier alpha value is -2.26. The summed E-state index contributed by atoms with van der Waals surface area (Å²) in [6.07, 6.45) is 0. The number of non-ortho nitro benzene ring substituents is 1. The van der Waals surface area contributed by atoms with Crippen molar-refractivity contribution in [1.82, 2.24) is 10.0 Å². The number of nitrogens with zero attached hydrogens (tertiary/aromatic N) is 3. The first-order valence-corrected chi connectivity index (χ1v) is 14.0. The smallest absolute Gasteiger partial charge is 0.282 e. The molecule has 14 heteroatoms. The SMILES string of the molecule is O=C(CN(C(=O)c1cccc([N+](=O)[O-])c1)N1C(=O)c2c(Br)c(Br)c(Br)c(Br)c2C1=O)c1ccc(Br)cc1. The Bertz CT molecular complexity index is 1480. The summed E-state index contributed by atoms with van der Waals surface area (Å²) in [5, 5.41) is 12.6. The number of hydrogen-bond donors (Lipinski definition) is 0. The molecule has 3 aromatic carbocycles. The molecule has 0 spiro atoms. The van der Waals surface area contributed by atoms with Gasteiger partial charge in [0.05, 0.1) is 16.1 Å². The molecule has 188 valence electrons. The number of carbonyl (C=O) groups excluding carboxylic acids is 4. The van der Waals surface area contributed by atoms with Gasteiger partial charge in [0.2, 0.25) is 0 Å². The number of hydrazine groups is 1. The van der Waals surface area contributed by atoms with Crippen LogP contribution in [-0.4, -0.2) is 45.0 Å². The van der Waals surface area contributed by atoms with Crippen LogP contribution in [0, 0.1) is 10.1 Å². The number of halogens is 5. The summed E-state index contributed by atoms with van der Waals surface area (Å²) in [4.78, 5) is 64.5. The molecule has 0 fully saturated rings. The highest BCUT2D eigenvalue weighted by Gasteiger charge is 2.46. The summed E-state index contributed by atoms with van der Waals surface area (Å²) in [5.41, 5.74) is -0.384. The molecule has 0 saturated heterocycles. The molecular weight excluding hydrogens is 814 g/mol. The first-order chi connectivity index (χ1) is 17.4. The maximum Gasteiger partial charge on any atom is 0.282 e. The minimum atomic E-state index is -0.950. The molecule has 0 atom stereocenters. The number of rotatable bonds is 6. The highest BCUT2D eigenvalue weighted by atomic mass is 79.9. The van der Waals surface area contributed by atoms with Crippen LogP contribution in [0.25, 0.3) is 0 Å². The second-order valence-electron chi connectivity index (χ2n) is 7.53. The lowest BCUT2D eigenvalue weighted by atomic mass is 10.1. The van der Waals surface area contributed by atoms with Crippen LogP contribution in [-0.2, 0) is 0 Å². The van der Waals surface area contributed by atoms with E-state index in [4.69, 9.17) is 0 Å². The number of imide groups is 1. The summed E-state index contributed by atoms with van der Waals surface area (Å²) < 4.78 is 2.15. The maximum atomic E-state index is 13.6. The maximum absolute atomic E-state index is 13.6. The standard InChI is InChI=1S/C23H10Br5N3O6/c24-12-6-4-10(5-7-12)14(32)9-29(21(33)11-2-1-3-13(8-11)31(36)37)30-22(34)15-16(23(30)35)18(26)20(28)19(27)17(15)25/h1-8H,9H2. The average molecular weight is 824 g/mol. The van der Waals surface area contributed by atoms with Gasteiger partial charge in [0.25, 0.3) is 23.4 Å². The fourth-order valence-corrected chi connectivity index (χ4v) is 6.28. The highest BCUT2D eigenvalue weighted by molar-refractivity contribution is 9.15. The van der Waals surface area contributed by atoms with Crippen LogP contribution in [0.15, 0.2) is 70.9 Å². The van der Waals surface area contributed by atoms with E-state index in [1.165, 1.54) is 30.3 Å². The van der Waals surface area contributed by atoms with Crippen LogP contribution in [0.5, 0.6) is 0 Å². The molecule has 37 heavy (non-hydrogen) atoms. The monoisotopic (exact) mass is 819 g/mol. The molecular formula is C23H10Br5N3O6. The van der Waals surface area contributed by atoms with Crippen LogP contribution in [0.1, 0.15) is 41.4 Å². The van der Waals surface area contributed by atoms with Gasteiger partial charge in [-0.1, -0.05) is 34.1 Å². The van der Waals surface area contributed by atoms with E-state index in [0.29, 0.717) is 19.0 Å². The fourth-order valence-electron chi connectivity index (χ4n) is 3.55. The summed E-state index contributed by atoms with van der Waals surface area (Å²) in [5.74, 6) is -3.23. The molecule has 0 radical (unpaired) electrons. The molecule has 1 aliphatic rings. The van der Waals surface area contributed by atoms with Gasteiger partial charge >= 0.3 is 0 Å². The fraction of sp³-hybridized carbons (Fsp3) is 0.0435. The number of benzene rings is 3. The van der Waals surface area contributed by atoms with Crippen LogP contribution < -0.4 is 0 Å². The zero-order valence-corrected chi connectivity index (χ0v) is 25.9. The number of fused-ring (bicyclic) bond motifs is 1. The summed E-state index contributed by atoms with van der Waals surface area (Å²) in [6, 6.07) is 11.1. The molecule has 3 aromatic rings. The number of nitro benzene ring substituents is 1. The van der Waals surface area contributed by atoms with Crippen molar-refractivity contribution in [2.75, 3.05) is 6.54 Å². The Morgan fingerprint density at radius 3 is 1.86 bits per heavy atom. The molecule has 0 saturated carbocycles. The van der Waals surface area contributed by atoms with Crippen LogP contribution in [0.2, 0.25) is 0 Å². The average Bonchev–Trinajstić information content (AvgIpc) is 3.14. The molecule has 1 aliphatic heterocycles. The van der Waals surface area contributed by atoms with Crippen molar-refractivity contribution in [2.45, 2.75) is 0 Å². The van der Waals surface area contributed by atoms with Gasteiger partial charge in [-0.05, 0) is 81.9 Å². The Balaban J connectivity index is 1.83. The number of amides is 3. The van der Waals surface area contributed by atoms with E-state index in [1.807, 2.05) is 0 Å².